The Kier molecular flexibility index (Phi) is 3.30. The number of hydrogen-bond acceptors (Lipinski definition) is 2. The molecule has 0 radical (unpaired) electrons. The van der Waals surface area contributed by atoms with Gasteiger partial charge in [0.1, 0.15) is 6.42 Å². The average Bonchev–Trinajstić information content (AvgIpc) is 2.10. The third kappa shape index (κ3) is 2.45. The van der Waals surface area contributed by atoms with Gasteiger partial charge in [-0.15, -0.1) is 0 Å². The van der Waals surface area contributed by atoms with Crippen molar-refractivity contribution in [2.24, 2.45) is 11.8 Å². The van der Waals surface area contributed by atoms with Gasteiger partial charge in [-0.3, -0.25) is 4.79 Å². The summed E-state index contributed by atoms with van der Waals surface area (Å²) in [5, 5.41) is 8.39. The number of hydrogen-bond donors (Lipinski definition) is 0. The highest BCUT2D eigenvalue weighted by Crippen LogP contribution is 2.22. The van der Waals surface area contributed by atoms with Gasteiger partial charge in [-0.05, 0) is 18.3 Å². The van der Waals surface area contributed by atoms with Crippen molar-refractivity contribution in [3.05, 3.63) is 0 Å². The Bertz CT molecular complexity index is 232. The quantitative estimate of drug-likeness (QED) is 0.612. The molecule has 0 bridgehead atoms. The number of amides is 1. The van der Waals surface area contributed by atoms with Crippen LogP contribution in [0.3, 0.4) is 0 Å². The van der Waals surface area contributed by atoms with E-state index in [1.54, 1.807) is 0 Å². The smallest absolute Gasteiger partial charge is 0.236 e. The largest absolute Gasteiger partial charge is 0.342 e. The molecular weight excluding hydrogens is 164 g/mol. The first kappa shape index (κ1) is 10.0. The number of piperidine rings is 1. The van der Waals surface area contributed by atoms with Crippen LogP contribution in [0.25, 0.3) is 0 Å². The average molecular weight is 180 g/mol. The SMILES string of the molecule is C[C@@H]1CN(C(=O)CC#N)CC[C@@H]1C. The zero-order chi connectivity index (χ0) is 9.84. The lowest BCUT2D eigenvalue weighted by Gasteiger charge is -2.34. The Labute approximate surface area is 79.3 Å². The van der Waals surface area contributed by atoms with Crippen molar-refractivity contribution in [1.82, 2.24) is 4.90 Å². The summed E-state index contributed by atoms with van der Waals surface area (Å²) in [4.78, 5) is 13.2. The molecule has 2 atom stereocenters. The van der Waals surface area contributed by atoms with E-state index in [0.717, 1.165) is 19.5 Å². The molecule has 0 unspecified atom stereocenters. The van der Waals surface area contributed by atoms with E-state index in [2.05, 4.69) is 13.8 Å². The maximum atomic E-state index is 11.4. The number of rotatable bonds is 1. The molecule has 1 aliphatic heterocycles. The van der Waals surface area contributed by atoms with Gasteiger partial charge in [-0.25, -0.2) is 0 Å². The Balaban J connectivity index is 2.46. The summed E-state index contributed by atoms with van der Waals surface area (Å²) in [5.74, 6) is 1.25. The molecule has 1 fully saturated rings. The van der Waals surface area contributed by atoms with Crippen LogP contribution >= 0.6 is 0 Å². The molecule has 1 heterocycles. The zero-order valence-corrected chi connectivity index (χ0v) is 8.29. The predicted octanol–water partition coefficient (Wildman–Crippen LogP) is 1.40. The van der Waals surface area contributed by atoms with E-state index in [0.29, 0.717) is 11.8 Å². The van der Waals surface area contributed by atoms with E-state index < -0.39 is 0 Å². The number of carbonyl (C=O) groups excluding carboxylic acids is 1. The van der Waals surface area contributed by atoms with E-state index in [4.69, 9.17) is 5.26 Å². The van der Waals surface area contributed by atoms with Crippen molar-refractivity contribution in [2.75, 3.05) is 13.1 Å². The van der Waals surface area contributed by atoms with E-state index in [1.165, 1.54) is 0 Å². The first-order valence-electron chi connectivity index (χ1n) is 4.80. The minimum atomic E-state index is -0.0127. The second-order valence-electron chi connectivity index (χ2n) is 3.92. The maximum Gasteiger partial charge on any atom is 0.236 e. The highest BCUT2D eigenvalue weighted by Gasteiger charge is 2.25. The summed E-state index contributed by atoms with van der Waals surface area (Å²) in [6.45, 7) is 6.03. The molecular formula is C10H16N2O. The molecule has 1 aliphatic rings. The van der Waals surface area contributed by atoms with Gasteiger partial charge in [-0.2, -0.15) is 5.26 Å². The Hall–Kier alpha value is -1.04. The summed E-state index contributed by atoms with van der Waals surface area (Å²) in [7, 11) is 0. The molecule has 0 aliphatic carbocycles. The van der Waals surface area contributed by atoms with Crippen LogP contribution in [0, 0.1) is 23.2 Å². The monoisotopic (exact) mass is 180 g/mol. The molecule has 1 rings (SSSR count). The molecule has 0 saturated carbocycles. The molecule has 3 heteroatoms. The first-order chi connectivity index (χ1) is 6.15. The van der Waals surface area contributed by atoms with Gasteiger partial charge in [0.15, 0.2) is 0 Å². The standard InChI is InChI=1S/C10H16N2O/c1-8-4-6-12(7-9(8)2)10(13)3-5-11/h8-9H,3-4,6-7H2,1-2H3/t8-,9+/m0/s1. The number of carbonyl (C=O) groups is 1. The summed E-state index contributed by atoms with van der Waals surface area (Å²) in [6, 6.07) is 1.90. The van der Waals surface area contributed by atoms with Crippen molar-refractivity contribution >= 4 is 5.91 Å². The van der Waals surface area contributed by atoms with Crippen molar-refractivity contribution in [2.45, 2.75) is 26.7 Å². The second kappa shape index (κ2) is 4.27. The molecule has 0 aromatic heterocycles. The van der Waals surface area contributed by atoms with Crippen molar-refractivity contribution in [1.29, 1.82) is 5.26 Å². The van der Waals surface area contributed by atoms with E-state index in [-0.39, 0.29) is 12.3 Å². The normalized spacial score (nSPS) is 28.2. The van der Waals surface area contributed by atoms with Crippen LogP contribution in [-0.4, -0.2) is 23.9 Å². The van der Waals surface area contributed by atoms with E-state index in [9.17, 15) is 4.79 Å². The fourth-order valence-electron chi connectivity index (χ4n) is 1.67. The lowest BCUT2D eigenvalue weighted by molar-refractivity contribution is -0.132. The molecule has 1 saturated heterocycles. The molecule has 3 nitrogen and oxygen atoms in total. The van der Waals surface area contributed by atoms with Gasteiger partial charge in [0.25, 0.3) is 0 Å². The third-order valence-electron chi connectivity index (χ3n) is 2.92. The summed E-state index contributed by atoms with van der Waals surface area (Å²) < 4.78 is 0. The van der Waals surface area contributed by atoms with Gasteiger partial charge >= 0.3 is 0 Å². The van der Waals surface area contributed by atoms with Gasteiger partial charge in [0.05, 0.1) is 6.07 Å². The lowest BCUT2D eigenvalue weighted by Crippen LogP contribution is -2.41. The number of likely N-dealkylation sites (tertiary alicyclic amines) is 1. The molecule has 0 aromatic carbocycles. The fourth-order valence-corrected chi connectivity index (χ4v) is 1.67. The van der Waals surface area contributed by atoms with Crippen LogP contribution < -0.4 is 0 Å². The second-order valence-corrected chi connectivity index (χ2v) is 3.92. The fraction of sp³-hybridized carbons (Fsp3) is 0.800. The molecule has 13 heavy (non-hydrogen) atoms. The highest BCUT2D eigenvalue weighted by molar-refractivity contribution is 5.78. The van der Waals surface area contributed by atoms with Crippen LogP contribution in [0.4, 0.5) is 0 Å². The van der Waals surface area contributed by atoms with Gasteiger partial charge in [-0.1, -0.05) is 13.8 Å². The third-order valence-corrected chi connectivity index (χ3v) is 2.92. The van der Waals surface area contributed by atoms with Crippen molar-refractivity contribution in [3.63, 3.8) is 0 Å². The Morgan fingerprint density at radius 3 is 2.77 bits per heavy atom. The van der Waals surface area contributed by atoms with E-state index in [1.807, 2.05) is 11.0 Å². The molecule has 1 amide bonds. The number of nitriles is 1. The molecule has 0 aromatic rings. The molecule has 0 spiro atoms. The Morgan fingerprint density at radius 2 is 2.23 bits per heavy atom. The topological polar surface area (TPSA) is 44.1 Å². The number of nitrogens with zero attached hydrogens (tertiary/aromatic N) is 2. The first-order valence-corrected chi connectivity index (χ1v) is 4.80. The summed E-state index contributed by atoms with van der Waals surface area (Å²) in [6.07, 6.45) is 1.10. The molecule has 0 N–H and O–H groups in total. The lowest BCUT2D eigenvalue weighted by atomic mass is 9.88. The highest BCUT2D eigenvalue weighted by atomic mass is 16.2. The van der Waals surface area contributed by atoms with Crippen LogP contribution in [0.1, 0.15) is 26.7 Å². The predicted molar refractivity (Wildman–Crippen MR) is 49.8 cm³/mol. The summed E-state index contributed by atoms with van der Waals surface area (Å²) in [5.41, 5.74) is 0. The van der Waals surface area contributed by atoms with Gasteiger partial charge in [0, 0.05) is 13.1 Å². The Morgan fingerprint density at radius 1 is 1.54 bits per heavy atom. The van der Waals surface area contributed by atoms with Crippen LogP contribution in [0.5, 0.6) is 0 Å². The maximum absolute atomic E-state index is 11.4. The van der Waals surface area contributed by atoms with Crippen LogP contribution in [0.15, 0.2) is 0 Å². The minimum absolute atomic E-state index is 0.0127. The van der Waals surface area contributed by atoms with Crippen molar-refractivity contribution in [3.8, 4) is 6.07 Å². The van der Waals surface area contributed by atoms with Gasteiger partial charge in [0.2, 0.25) is 5.91 Å². The van der Waals surface area contributed by atoms with Gasteiger partial charge < -0.3 is 4.90 Å². The van der Waals surface area contributed by atoms with Crippen LogP contribution in [-0.2, 0) is 4.79 Å². The van der Waals surface area contributed by atoms with E-state index >= 15 is 0 Å². The molecule has 72 valence electrons. The van der Waals surface area contributed by atoms with Crippen molar-refractivity contribution < 1.29 is 4.79 Å². The minimum Gasteiger partial charge on any atom is -0.342 e. The van der Waals surface area contributed by atoms with Crippen LogP contribution in [0.2, 0.25) is 0 Å². The zero-order valence-electron chi connectivity index (χ0n) is 8.29. The summed E-state index contributed by atoms with van der Waals surface area (Å²) >= 11 is 0.